The maximum Gasteiger partial charge on any atom is 0.228 e. The molecule has 2 N–H and O–H groups in total. The summed E-state index contributed by atoms with van der Waals surface area (Å²) in [5.41, 5.74) is 1.38. The molecule has 1 saturated heterocycles. The first kappa shape index (κ1) is 18.3. The fraction of sp³-hybridized carbons (Fsp3) is 0.190. The summed E-state index contributed by atoms with van der Waals surface area (Å²) in [6.07, 6.45) is 4.33. The molecule has 1 unspecified atom stereocenters. The first-order valence-corrected chi connectivity index (χ1v) is 9.33. The minimum atomic E-state index is -0.378. The van der Waals surface area contributed by atoms with Crippen molar-refractivity contribution in [3.05, 3.63) is 65.4 Å². The first-order chi connectivity index (χ1) is 13.6. The van der Waals surface area contributed by atoms with Gasteiger partial charge in [0, 0.05) is 47.4 Å². The highest BCUT2D eigenvalue weighted by Gasteiger charge is 2.22. The van der Waals surface area contributed by atoms with Crippen LogP contribution in [0.1, 0.15) is 18.4 Å². The van der Waals surface area contributed by atoms with Crippen molar-refractivity contribution in [3.8, 4) is 5.75 Å². The summed E-state index contributed by atoms with van der Waals surface area (Å²) in [4.78, 5) is 28.1. The summed E-state index contributed by atoms with van der Waals surface area (Å²) in [5.74, 6) is 0.270. The maximum absolute atomic E-state index is 12.6. The molecule has 0 radical (unpaired) electrons. The Morgan fingerprint density at radius 3 is 2.93 bits per heavy atom. The summed E-state index contributed by atoms with van der Waals surface area (Å²) < 4.78 is 5.75. The van der Waals surface area contributed by atoms with Gasteiger partial charge in [0.25, 0.3) is 0 Å². The van der Waals surface area contributed by atoms with Crippen LogP contribution < -0.4 is 15.4 Å². The molecule has 2 aromatic carbocycles. The largest absolute Gasteiger partial charge is 0.471 e. The SMILES string of the molecule is O=C(Cc1cncc2ccccc12)Nc1cc(Cl)cc(OC2CCC(=O)N2)c1. The van der Waals surface area contributed by atoms with E-state index < -0.39 is 0 Å². The molecule has 1 aliphatic rings. The van der Waals surface area contributed by atoms with E-state index in [1.807, 2.05) is 24.3 Å². The maximum atomic E-state index is 12.6. The number of rotatable bonds is 5. The highest BCUT2D eigenvalue weighted by molar-refractivity contribution is 6.31. The first-order valence-electron chi connectivity index (χ1n) is 8.95. The summed E-state index contributed by atoms with van der Waals surface area (Å²) >= 11 is 6.16. The summed E-state index contributed by atoms with van der Waals surface area (Å²) in [6, 6.07) is 12.8. The Bertz CT molecular complexity index is 1050. The van der Waals surface area contributed by atoms with Crippen LogP contribution in [0.2, 0.25) is 5.02 Å². The van der Waals surface area contributed by atoms with E-state index in [2.05, 4.69) is 15.6 Å². The molecule has 1 atom stereocenters. The lowest BCUT2D eigenvalue weighted by atomic mass is 10.1. The van der Waals surface area contributed by atoms with Crippen LogP contribution in [0, 0.1) is 0 Å². The van der Waals surface area contributed by atoms with Crippen molar-refractivity contribution in [1.82, 2.24) is 10.3 Å². The predicted molar refractivity (Wildman–Crippen MR) is 107 cm³/mol. The summed E-state index contributed by atoms with van der Waals surface area (Å²) in [5, 5.41) is 8.01. The van der Waals surface area contributed by atoms with Gasteiger partial charge in [-0.05, 0) is 23.1 Å². The number of carbonyl (C=O) groups is 2. The Morgan fingerprint density at radius 1 is 1.25 bits per heavy atom. The second-order valence-electron chi connectivity index (χ2n) is 6.63. The number of nitrogens with one attached hydrogen (secondary N) is 2. The van der Waals surface area contributed by atoms with Gasteiger partial charge in [0.2, 0.25) is 11.8 Å². The number of carbonyl (C=O) groups excluding carboxylic acids is 2. The number of pyridine rings is 1. The number of hydrogen-bond acceptors (Lipinski definition) is 4. The molecule has 6 nitrogen and oxygen atoms in total. The van der Waals surface area contributed by atoms with Gasteiger partial charge in [-0.1, -0.05) is 35.9 Å². The van der Waals surface area contributed by atoms with Crippen molar-refractivity contribution >= 4 is 39.9 Å². The molecule has 2 heterocycles. The fourth-order valence-electron chi connectivity index (χ4n) is 3.24. The van der Waals surface area contributed by atoms with Crippen LogP contribution in [-0.4, -0.2) is 23.0 Å². The van der Waals surface area contributed by atoms with Gasteiger partial charge < -0.3 is 15.4 Å². The molecule has 1 aliphatic heterocycles. The van der Waals surface area contributed by atoms with Gasteiger partial charge >= 0.3 is 0 Å². The Labute approximate surface area is 166 Å². The third-order valence-corrected chi connectivity index (χ3v) is 4.71. The molecule has 1 aromatic heterocycles. The Hall–Kier alpha value is -3.12. The van der Waals surface area contributed by atoms with E-state index in [-0.39, 0.29) is 24.5 Å². The molecule has 7 heteroatoms. The van der Waals surface area contributed by atoms with Crippen LogP contribution in [0.5, 0.6) is 5.75 Å². The standard InChI is InChI=1S/C21H18ClN3O3/c22-15-8-16(10-17(9-15)28-21-6-5-19(26)25-21)24-20(27)7-14-12-23-11-13-3-1-2-4-18(13)14/h1-4,8-12,21H,5-7H2,(H,24,27)(H,25,26). The van der Waals surface area contributed by atoms with E-state index in [1.165, 1.54) is 0 Å². The summed E-state index contributed by atoms with van der Waals surface area (Å²) in [6.45, 7) is 0. The number of amides is 2. The highest BCUT2D eigenvalue weighted by Crippen LogP contribution is 2.26. The van der Waals surface area contributed by atoms with Crippen molar-refractivity contribution in [1.29, 1.82) is 0 Å². The molecular weight excluding hydrogens is 378 g/mol. The van der Waals surface area contributed by atoms with Crippen LogP contribution in [-0.2, 0) is 16.0 Å². The van der Waals surface area contributed by atoms with Gasteiger partial charge in [-0.3, -0.25) is 14.6 Å². The topological polar surface area (TPSA) is 80.3 Å². The van der Waals surface area contributed by atoms with E-state index in [0.29, 0.717) is 29.3 Å². The predicted octanol–water partition coefficient (Wildman–Crippen LogP) is 3.68. The van der Waals surface area contributed by atoms with Crippen LogP contribution in [0.25, 0.3) is 10.8 Å². The van der Waals surface area contributed by atoms with E-state index in [4.69, 9.17) is 16.3 Å². The third-order valence-electron chi connectivity index (χ3n) is 4.49. The zero-order chi connectivity index (χ0) is 19.5. The minimum absolute atomic E-state index is 0.0377. The number of ether oxygens (including phenoxy) is 1. The van der Waals surface area contributed by atoms with Crippen LogP contribution in [0.3, 0.4) is 0 Å². The van der Waals surface area contributed by atoms with Crippen LogP contribution in [0.15, 0.2) is 54.9 Å². The van der Waals surface area contributed by atoms with Gasteiger partial charge in [-0.25, -0.2) is 0 Å². The van der Waals surface area contributed by atoms with Crippen LogP contribution >= 0.6 is 11.6 Å². The van der Waals surface area contributed by atoms with Crippen molar-refractivity contribution in [3.63, 3.8) is 0 Å². The number of nitrogens with zero attached hydrogens (tertiary/aromatic N) is 1. The number of fused-ring (bicyclic) bond motifs is 1. The van der Waals surface area contributed by atoms with Gasteiger partial charge in [-0.15, -0.1) is 0 Å². The van der Waals surface area contributed by atoms with Crippen molar-refractivity contribution in [2.24, 2.45) is 0 Å². The highest BCUT2D eigenvalue weighted by atomic mass is 35.5. The molecule has 0 saturated carbocycles. The Morgan fingerprint density at radius 2 is 2.11 bits per heavy atom. The fourth-order valence-corrected chi connectivity index (χ4v) is 3.46. The van der Waals surface area contributed by atoms with E-state index in [9.17, 15) is 9.59 Å². The average molecular weight is 396 g/mol. The Balaban J connectivity index is 1.47. The van der Waals surface area contributed by atoms with E-state index >= 15 is 0 Å². The lowest BCUT2D eigenvalue weighted by molar-refractivity contribution is -0.120. The number of halogens is 1. The molecule has 0 aliphatic carbocycles. The molecule has 28 heavy (non-hydrogen) atoms. The molecule has 142 valence electrons. The normalized spacial score (nSPS) is 16.0. The minimum Gasteiger partial charge on any atom is -0.471 e. The van der Waals surface area contributed by atoms with E-state index in [1.54, 1.807) is 30.6 Å². The average Bonchev–Trinajstić information content (AvgIpc) is 3.06. The smallest absolute Gasteiger partial charge is 0.228 e. The monoisotopic (exact) mass is 395 g/mol. The van der Waals surface area contributed by atoms with Gasteiger partial charge in [0.15, 0.2) is 6.23 Å². The van der Waals surface area contributed by atoms with Crippen molar-refractivity contribution in [2.75, 3.05) is 5.32 Å². The van der Waals surface area contributed by atoms with Gasteiger partial charge in [0.05, 0.1) is 6.42 Å². The van der Waals surface area contributed by atoms with Crippen LogP contribution in [0.4, 0.5) is 5.69 Å². The zero-order valence-corrected chi connectivity index (χ0v) is 15.7. The third kappa shape index (κ3) is 4.23. The van der Waals surface area contributed by atoms with Crippen molar-refractivity contribution < 1.29 is 14.3 Å². The molecule has 0 spiro atoms. The second kappa shape index (κ2) is 7.86. The number of benzene rings is 2. The Kier molecular flexibility index (Phi) is 5.12. The zero-order valence-electron chi connectivity index (χ0n) is 14.9. The molecule has 1 fully saturated rings. The number of anilines is 1. The van der Waals surface area contributed by atoms with Crippen molar-refractivity contribution in [2.45, 2.75) is 25.5 Å². The lowest BCUT2D eigenvalue weighted by Crippen LogP contribution is -2.30. The van der Waals surface area contributed by atoms with Gasteiger partial charge in [-0.2, -0.15) is 0 Å². The molecule has 2 amide bonds. The number of hydrogen-bond donors (Lipinski definition) is 2. The number of aromatic nitrogens is 1. The molecular formula is C21H18ClN3O3. The van der Waals surface area contributed by atoms with E-state index in [0.717, 1.165) is 16.3 Å². The lowest BCUT2D eigenvalue weighted by Gasteiger charge is -2.15. The summed E-state index contributed by atoms with van der Waals surface area (Å²) in [7, 11) is 0. The molecule has 0 bridgehead atoms. The molecule has 3 aromatic rings. The quantitative estimate of drug-likeness (QED) is 0.690. The van der Waals surface area contributed by atoms with Gasteiger partial charge in [0.1, 0.15) is 5.75 Å². The molecule has 4 rings (SSSR count). The second-order valence-corrected chi connectivity index (χ2v) is 7.07.